The average Bonchev–Trinajstić information content (AvgIpc) is 2.74. The molecule has 10 nitrogen and oxygen atoms in total. The van der Waals surface area contributed by atoms with Gasteiger partial charge in [0, 0.05) is 36.8 Å². The van der Waals surface area contributed by atoms with E-state index in [1.165, 1.54) is 12.5 Å². The molecule has 0 radical (unpaired) electrons. The van der Waals surface area contributed by atoms with Crippen molar-refractivity contribution in [2.45, 2.75) is 55.6 Å². The van der Waals surface area contributed by atoms with Gasteiger partial charge in [-0.25, -0.2) is 16.8 Å². The molecule has 1 aromatic rings. The number of amidine groups is 1. The Morgan fingerprint density at radius 2 is 1.72 bits per heavy atom. The number of sulfone groups is 2. The number of halogens is 3. The summed E-state index contributed by atoms with van der Waals surface area (Å²) >= 11 is 0. The lowest BCUT2D eigenvalue weighted by atomic mass is 10.1. The largest absolute Gasteiger partial charge is 0.501 e. The van der Waals surface area contributed by atoms with E-state index in [4.69, 9.17) is 11.1 Å². The maximum Gasteiger partial charge on any atom is 0.501 e. The van der Waals surface area contributed by atoms with Crippen LogP contribution in [0.25, 0.3) is 0 Å². The van der Waals surface area contributed by atoms with Gasteiger partial charge in [0.1, 0.15) is 15.7 Å². The monoisotopic (exact) mass is 555 g/mol. The molecule has 1 amide bonds. The molecular formula is C21H32F3N5O5S2. The average molecular weight is 556 g/mol. The van der Waals surface area contributed by atoms with E-state index in [0.29, 0.717) is 13.0 Å². The van der Waals surface area contributed by atoms with E-state index in [9.17, 15) is 34.8 Å². The lowest BCUT2D eigenvalue weighted by molar-refractivity contribution is -0.114. The summed E-state index contributed by atoms with van der Waals surface area (Å²) < 4.78 is 83.4. The third kappa shape index (κ3) is 10.1. The summed E-state index contributed by atoms with van der Waals surface area (Å²) in [7, 11) is -8.56. The second kappa shape index (κ2) is 13.1. The topological polar surface area (TPSA) is 171 Å². The first kappa shape index (κ1) is 31.4. The van der Waals surface area contributed by atoms with Gasteiger partial charge in [-0.15, -0.1) is 0 Å². The van der Waals surface area contributed by atoms with Gasteiger partial charge in [0.05, 0.1) is 16.2 Å². The fraction of sp³-hybridized carbons (Fsp3) is 0.524. The number of amides is 1. The van der Waals surface area contributed by atoms with Crippen LogP contribution in [0.1, 0.15) is 33.1 Å². The zero-order valence-corrected chi connectivity index (χ0v) is 21.8. The van der Waals surface area contributed by atoms with Gasteiger partial charge in [-0.2, -0.15) is 13.2 Å². The number of hydrogen-bond donors (Lipinski definition) is 5. The number of nitrogens with two attached hydrogens (primary N) is 1. The van der Waals surface area contributed by atoms with Crippen molar-refractivity contribution in [1.29, 1.82) is 5.41 Å². The molecule has 2 atom stereocenters. The minimum absolute atomic E-state index is 0.0397. The van der Waals surface area contributed by atoms with Gasteiger partial charge in [-0.05, 0) is 50.5 Å². The van der Waals surface area contributed by atoms with Crippen LogP contribution >= 0.6 is 0 Å². The maximum atomic E-state index is 12.7. The van der Waals surface area contributed by atoms with E-state index in [2.05, 4.69) is 16.0 Å². The van der Waals surface area contributed by atoms with Crippen LogP contribution in [0, 0.1) is 5.41 Å². The van der Waals surface area contributed by atoms with Gasteiger partial charge < -0.3 is 21.7 Å². The number of anilines is 1. The van der Waals surface area contributed by atoms with E-state index < -0.39 is 41.8 Å². The van der Waals surface area contributed by atoms with Crippen LogP contribution in [-0.2, 0) is 24.5 Å². The molecule has 0 aliphatic heterocycles. The SMILES string of the molecule is CCC(CC[C@H](C)N/C=C(\C(=N)Nc1ccc(S(=O)(=O)C(F)(F)F)cc1)C(N)=O)NCCS(C)(=O)=O. The molecular weight excluding hydrogens is 523 g/mol. The number of rotatable bonds is 14. The Balaban J connectivity index is 2.74. The molecule has 0 fully saturated rings. The van der Waals surface area contributed by atoms with Crippen LogP contribution in [0.3, 0.4) is 0 Å². The van der Waals surface area contributed by atoms with E-state index in [1.807, 2.05) is 13.8 Å². The zero-order chi connectivity index (χ0) is 27.7. The van der Waals surface area contributed by atoms with Gasteiger partial charge in [0.25, 0.3) is 15.7 Å². The Bertz CT molecular complexity index is 1150. The highest BCUT2D eigenvalue weighted by Crippen LogP contribution is 2.30. The lowest BCUT2D eigenvalue weighted by Crippen LogP contribution is -2.34. The first-order valence-corrected chi connectivity index (χ1v) is 14.5. The summed E-state index contributed by atoms with van der Waals surface area (Å²) in [5, 5.41) is 16.7. The smallest absolute Gasteiger partial charge is 0.388 e. The molecule has 6 N–H and O–H groups in total. The molecule has 0 aromatic heterocycles. The van der Waals surface area contributed by atoms with Gasteiger partial charge in [0.2, 0.25) is 0 Å². The van der Waals surface area contributed by atoms with Gasteiger partial charge in [0.15, 0.2) is 0 Å². The number of alkyl halides is 3. The minimum Gasteiger partial charge on any atom is -0.388 e. The standard InChI is InChI=1S/C21H32F3N5O5S2/c1-4-15(27-11-12-35(3,31)32)6-5-14(2)28-13-18(20(26)30)19(25)29-16-7-9-17(10-8-16)36(33,34)21(22,23)24/h7-10,13-15,27-28H,4-6,11-12H2,1-3H3,(H2,25,29)(H2,26,30)/b18-13+/t14-,15?/m0/s1. The Hall–Kier alpha value is -2.65. The van der Waals surface area contributed by atoms with Crippen molar-refractivity contribution in [2.24, 2.45) is 5.73 Å². The van der Waals surface area contributed by atoms with E-state index in [0.717, 1.165) is 37.1 Å². The van der Waals surface area contributed by atoms with Crippen LogP contribution in [-0.4, -0.2) is 64.7 Å². The first-order valence-electron chi connectivity index (χ1n) is 10.9. The molecule has 204 valence electrons. The number of carbonyl (C=O) groups is 1. The van der Waals surface area contributed by atoms with Crippen molar-refractivity contribution in [1.82, 2.24) is 10.6 Å². The molecule has 0 saturated heterocycles. The van der Waals surface area contributed by atoms with E-state index in [-0.39, 0.29) is 29.1 Å². The highest BCUT2D eigenvalue weighted by atomic mass is 32.2. The molecule has 0 spiro atoms. The maximum absolute atomic E-state index is 12.7. The number of nitrogens with one attached hydrogen (secondary N) is 4. The Morgan fingerprint density at radius 1 is 1.14 bits per heavy atom. The van der Waals surface area contributed by atoms with Crippen molar-refractivity contribution in [3.8, 4) is 0 Å². The fourth-order valence-corrected chi connectivity index (χ4v) is 4.24. The summed E-state index contributed by atoms with van der Waals surface area (Å²) in [5.74, 6) is -1.34. The third-order valence-corrected chi connectivity index (χ3v) is 7.58. The summed E-state index contributed by atoms with van der Waals surface area (Å²) in [5.41, 5.74) is -0.247. The van der Waals surface area contributed by atoms with Crippen LogP contribution in [0.15, 0.2) is 40.9 Å². The molecule has 1 rings (SSSR count). The number of primary amides is 1. The molecule has 0 aliphatic carbocycles. The highest BCUT2D eigenvalue weighted by molar-refractivity contribution is 7.92. The molecule has 36 heavy (non-hydrogen) atoms. The van der Waals surface area contributed by atoms with Crippen molar-refractivity contribution < 1.29 is 34.8 Å². The summed E-state index contributed by atoms with van der Waals surface area (Å²) in [6.45, 7) is 4.16. The minimum atomic E-state index is -5.50. The fourth-order valence-electron chi connectivity index (χ4n) is 2.99. The van der Waals surface area contributed by atoms with E-state index in [1.54, 1.807) is 0 Å². The predicted octanol–water partition coefficient (Wildman–Crippen LogP) is 1.91. The molecule has 0 aliphatic rings. The Morgan fingerprint density at radius 3 is 2.19 bits per heavy atom. The van der Waals surface area contributed by atoms with Crippen molar-refractivity contribution in [3.05, 3.63) is 36.0 Å². The van der Waals surface area contributed by atoms with Crippen LogP contribution < -0.4 is 21.7 Å². The lowest BCUT2D eigenvalue weighted by Gasteiger charge is -2.20. The zero-order valence-electron chi connectivity index (χ0n) is 20.1. The third-order valence-electron chi connectivity index (χ3n) is 5.13. The Kier molecular flexibility index (Phi) is 11.4. The quantitative estimate of drug-likeness (QED) is 0.132. The molecule has 1 unspecified atom stereocenters. The molecule has 15 heteroatoms. The first-order chi connectivity index (χ1) is 16.5. The van der Waals surface area contributed by atoms with Gasteiger partial charge in [-0.1, -0.05) is 6.92 Å². The normalized spacial score (nSPS) is 14.7. The summed E-state index contributed by atoms with van der Waals surface area (Å²) in [6, 6.07) is 3.50. The second-order valence-electron chi connectivity index (χ2n) is 8.23. The highest BCUT2D eigenvalue weighted by Gasteiger charge is 2.46. The number of hydrogen-bond acceptors (Lipinski definition) is 8. The van der Waals surface area contributed by atoms with Crippen LogP contribution in [0.5, 0.6) is 0 Å². The Labute approximate surface area is 209 Å². The number of carbonyl (C=O) groups excluding carboxylic acids is 1. The van der Waals surface area contributed by atoms with Gasteiger partial charge >= 0.3 is 5.51 Å². The number of benzene rings is 1. The summed E-state index contributed by atoms with van der Waals surface area (Å²) in [4.78, 5) is 10.9. The molecule has 0 saturated carbocycles. The molecule has 0 bridgehead atoms. The summed E-state index contributed by atoms with van der Waals surface area (Å²) in [6.07, 6.45) is 4.59. The van der Waals surface area contributed by atoms with E-state index >= 15 is 0 Å². The molecule has 1 aromatic carbocycles. The second-order valence-corrected chi connectivity index (χ2v) is 12.4. The van der Waals surface area contributed by atoms with Crippen molar-refractivity contribution >= 4 is 37.1 Å². The van der Waals surface area contributed by atoms with Crippen molar-refractivity contribution in [3.63, 3.8) is 0 Å². The van der Waals surface area contributed by atoms with Crippen molar-refractivity contribution in [2.75, 3.05) is 23.9 Å². The van der Waals surface area contributed by atoms with Crippen LogP contribution in [0.2, 0.25) is 0 Å². The predicted molar refractivity (Wildman–Crippen MR) is 132 cm³/mol. The van der Waals surface area contributed by atoms with Crippen LogP contribution in [0.4, 0.5) is 18.9 Å². The van der Waals surface area contributed by atoms with Gasteiger partial charge in [-0.3, -0.25) is 10.2 Å². The molecule has 0 heterocycles.